The topological polar surface area (TPSA) is 45.2 Å². The maximum Gasteiger partial charge on any atom is 0.254 e. The summed E-state index contributed by atoms with van der Waals surface area (Å²) in [4.78, 5) is 18.6. The third-order valence-electron chi connectivity index (χ3n) is 3.63. The van der Waals surface area contributed by atoms with Crippen LogP contribution in [0.4, 0.5) is 5.82 Å². The summed E-state index contributed by atoms with van der Waals surface area (Å²) in [5.74, 6) is 1.60. The van der Waals surface area contributed by atoms with E-state index in [-0.39, 0.29) is 5.91 Å². The molecular formula is C15H23N3O. The smallest absolute Gasteiger partial charge is 0.254 e. The number of rotatable bonds is 5. The van der Waals surface area contributed by atoms with Crippen LogP contribution >= 0.6 is 0 Å². The Hall–Kier alpha value is -1.58. The van der Waals surface area contributed by atoms with E-state index in [4.69, 9.17) is 0 Å². The lowest BCUT2D eigenvalue weighted by molar-refractivity contribution is 0.0786. The first-order valence-electron chi connectivity index (χ1n) is 7.23. The molecule has 4 heteroatoms. The van der Waals surface area contributed by atoms with Gasteiger partial charge >= 0.3 is 0 Å². The van der Waals surface area contributed by atoms with Crippen molar-refractivity contribution in [2.75, 3.05) is 25.0 Å². The van der Waals surface area contributed by atoms with Gasteiger partial charge in [0, 0.05) is 31.4 Å². The van der Waals surface area contributed by atoms with Gasteiger partial charge in [-0.25, -0.2) is 4.98 Å². The monoisotopic (exact) mass is 261 g/mol. The van der Waals surface area contributed by atoms with Crippen molar-refractivity contribution in [3.8, 4) is 0 Å². The molecule has 1 aliphatic heterocycles. The number of carbonyl (C=O) groups is 1. The summed E-state index contributed by atoms with van der Waals surface area (Å²) in [5.41, 5.74) is 0.739. The molecular weight excluding hydrogens is 238 g/mol. The lowest BCUT2D eigenvalue weighted by atomic mass is 10.0. The standard InChI is InChI=1S/C15H23N3O/c1-3-5-12-7-9-18(11-12)15(19)13-6-8-17-14(10-13)16-4-2/h6,8,10,12H,3-5,7,9,11H2,1-2H3,(H,16,17). The number of carbonyl (C=O) groups excluding carboxylic acids is 1. The Morgan fingerprint density at radius 1 is 1.53 bits per heavy atom. The second kappa shape index (κ2) is 6.55. The molecule has 104 valence electrons. The molecule has 0 aliphatic carbocycles. The molecule has 1 aliphatic rings. The molecule has 1 aromatic heterocycles. The Bertz CT molecular complexity index is 433. The summed E-state index contributed by atoms with van der Waals surface area (Å²) in [7, 11) is 0. The molecule has 2 rings (SSSR count). The molecule has 1 fully saturated rings. The molecule has 2 heterocycles. The summed E-state index contributed by atoms with van der Waals surface area (Å²) in [5, 5.41) is 3.14. The summed E-state index contributed by atoms with van der Waals surface area (Å²) < 4.78 is 0. The fourth-order valence-corrected chi connectivity index (χ4v) is 2.68. The minimum atomic E-state index is 0.139. The second-order valence-corrected chi connectivity index (χ2v) is 5.15. The fraction of sp³-hybridized carbons (Fsp3) is 0.600. The van der Waals surface area contributed by atoms with Crippen molar-refractivity contribution in [1.82, 2.24) is 9.88 Å². The van der Waals surface area contributed by atoms with Crippen molar-refractivity contribution in [3.63, 3.8) is 0 Å². The highest BCUT2D eigenvalue weighted by Gasteiger charge is 2.26. The van der Waals surface area contributed by atoms with Crippen LogP contribution in [0.25, 0.3) is 0 Å². The number of nitrogens with zero attached hydrogens (tertiary/aromatic N) is 2. The highest BCUT2D eigenvalue weighted by atomic mass is 16.2. The average molecular weight is 261 g/mol. The van der Waals surface area contributed by atoms with Crippen LogP contribution in [0.3, 0.4) is 0 Å². The van der Waals surface area contributed by atoms with E-state index in [0.29, 0.717) is 5.92 Å². The van der Waals surface area contributed by atoms with Crippen LogP contribution in [0, 0.1) is 5.92 Å². The van der Waals surface area contributed by atoms with Gasteiger partial charge in [0.1, 0.15) is 5.82 Å². The molecule has 1 aromatic rings. The van der Waals surface area contributed by atoms with E-state index >= 15 is 0 Å². The fourth-order valence-electron chi connectivity index (χ4n) is 2.68. The van der Waals surface area contributed by atoms with E-state index in [1.165, 1.54) is 12.8 Å². The Morgan fingerprint density at radius 3 is 3.11 bits per heavy atom. The number of hydrogen-bond acceptors (Lipinski definition) is 3. The molecule has 0 saturated carbocycles. The zero-order valence-corrected chi connectivity index (χ0v) is 11.9. The number of amides is 1. The molecule has 0 aromatic carbocycles. The number of hydrogen-bond donors (Lipinski definition) is 1. The van der Waals surface area contributed by atoms with Crippen LogP contribution in [-0.2, 0) is 0 Å². The highest BCUT2D eigenvalue weighted by Crippen LogP contribution is 2.22. The molecule has 1 atom stereocenters. The van der Waals surface area contributed by atoms with Gasteiger partial charge < -0.3 is 10.2 Å². The highest BCUT2D eigenvalue weighted by molar-refractivity contribution is 5.95. The molecule has 0 bridgehead atoms. The van der Waals surface area contributed by atoms with Crippen LogP contribution in [0.2, 0.25) is 0 Å². The summed E-state index contributed by atoms with van der Waals surface area (Å²) in [6.07, 6.45) is 5.27. The maximum absolute atomic E-state index is 12.4. The average Bonchev–Trinajstić information content (AvgIpc) is 2.88. The number of likely N-dealkylation sites (tertiary alicyclic amines) is 1. The maximum atomic E-state index is 12.4. The zero-order valence-electron chi connectivity index (χ0n) is 11.9. The van der Waals surface area contributed by atoms with E-state index < -0.39 is 0 Å². The van der Waals surface area contributed by atoms with Crippen LogP contribution < -0.4 is 5.32 Å². The zero-order chi connectivity index (χ0) is 13.7. The summed E-state index contributed by atoms with van der Waals surface area (Å²) in [6, 6.07) is 3.65. The predicted octanol–water partition coefficient (Wildman–Crippen LogP) is 2.78. The normalized spacial score (nSPS) is 18.6. The van der Waals surface area contributed by atoms with Crippen LogP contribution in [0.1, 0.15) is 43.5 Å². The van der Waals surface area contributed by atoms with Crippen molar-refractivity contribution in [3.05, 3.63) is 23.9 Å². The number of nitrogens with one attached hydrogen (secondary N) is 1. The minimum Gasteiger partial charge on any atom is -0.370 e. The molecule has 4 nitrogen and oxygen atoms in total. The number of anilines is 1. The van der Waals surface area contributed by atoms with Crippen LogP contribution in [0.15, 0.2) is 18.3 Å². The SMILES string of the molecule is CCCC1CCN(C(=O)c2ccnc(NCC)c2)C1. The van der Waals surface area contributed by atoms with Gasteiger partial charge in [0.15, 0.2) is 0 Å². The largest absolute Gasteiger partial charge is 0.370 e. The number of pyridine rings is 1. The molecule has 1 saturated heterocycles. The van der Waals surface area contributed by atoms with Crippen molar-refractivity contribution in [1.29, 1.82) is 0 Å². The van der Waals surface area contributed by atoms with Gasteiger partial charge in [-0.05, 0) is 37.8 Å². The summed E-state index contributed by atoms with van der Waals surface area (Å²) >= 11 is 0. The summed E-state index contributed by atoms with van der Waals surface area (Å²) in [6.45, 7) is 6.84. The molecule has 19 heavy (non-hydrogen) atoms. The first-order valence-corrected chi connectivity index (χ1v) is 7.23. The predicted molar refractivity (Wildman–Crippen MR) is 77.3 cm³/mol. The van der Waals surface area contributed by atoms with E-state index in [2.05, 4.69) is 17.2 Å². The van der Waals surface area contributed by atoms with Gasteiger partial charge in [-0.3, -0.25) is 4.79 Å². The van der Waals surface area contributed by atoms with Crippen LogP contribution in [-0.4, -0.2) is 35.4 Å². The van der Waals surface area contributed by atoms with E-state index in [9.17, 15) is 4.79 Å². The van der Waals surface area contributed by atoms with Gasteiger partial charge in [-0.2, -0.15) is 0 Å². The van der Waals surface area contributed by atoms with E-state index in [1.807, 2.05) is 17.9 Å². The third kappa shape index (κ3) is 3.46. The molecule has 1 N–H and O–H groups in total. The van der Waals surface area contributed by atoms with Gasteiger partial charge in [0.25, 0.3) is 5.91 Å². The van der Waals surface area contributed by atoms with E-state index in [0.717, 1.165) is 37.4 Å². The first-order chi connectivity index (χ1) is 9.24. The Morgan fingerprint density at radius 2 is 2.37 bits per heavy atom. The second-order valence-electron chi connectivity index (χ2n) is 5.15. The van der Waals surface area contributed by atoms with Gasteiger partial charge in [0.05, 0.1) is 0 Å². The third-order valence-corrected chi connectivity index (χ3v) is 3.63. The van der Waals surface area contributed by atoms with Crippen molar-refractivity contribution in [2.45, 2.75) is 33.1 Å². The molecule has 0 radical (unpaired) electrons. The lowest BCUT2D eigenvalue weighted by Crippen LogP contribution is -2.28. The molecule has 1 unspecified atom stereocenters. The van der Waals surface area contributed by atoms with Crippen molar-refractivity contribution < 1.29 is 4.79 Å². The lowest BCUT2D eigenvalue weighted by Gasteiger charge is -2.17. The molecule has 1 amide bonds. The number of aromatic nitrogens is 1. The Balaban J connectivity index is 2.01. The molecule has 0 spiro atoms. The Kier molecular flexibility index (Phi) is 4.77. The van der Waals surface area contributed by atoms with Crippen molar-refractivity contribution in [2.24, 2.45) is 5.92 Å². The van der Waals surface area contributed by atoms with Gasteiger partial charge in [-0.1, -0.05) is 13.3 Å². The van der Waals surface area contributed by atoms with Gasteiger partial charge in [-0.15, -0.1) is 0 Å². The van der Waals surface area contributed by atoms with Crippen LogP contribution in [0.5, 0.6) is 0 Å². The van der Waals surface area contributed by atoms with Crippen molar-refractivity contribution >= 4 is 11.7 Å². The Labute approximate surface area is 115 Å². The quantitative estimate of drug-likeness (QED) is 0.886. The first kappa shape index (κ1) is 13.8. The minimum absolute atomic E-state index is 0.139. The van der Waals surface area contributed by atoms with E-state index in [1.54, 1.807) is 12.3 Å². The van der Waals surface area contributed by atoms with Gasteiger partial charge in [0.2, 0.25) is 0 Å².